The van der Waals surface area contributed by atoms with Crippen LogP contribution < -0.4 is 24.2 Å². The molecule has 0 saturated heterocycles. The topological polar surface area (TPSA) is 55.2 Å². The van der Waals surface area contributed by atoms with Crippen molar-refractivity contribution in [1.29, 1.82) is 0 Å². The first kappa shape index (κ1) is 22.1. The molecule has 0 unspecified atom stereocenters. The third-order valence-electron chi connectivity index (χ3n) is 5.29. The normalized spacial score (nSPS) is 15.5. The predicted molar refractivity (Wildman–Crippen MR) is 126 cm³/mol. The lowest BCUT2D eigenvalue weighted by Gasteiger charge is -2.12. The molecule has 0 amide bonds. The molecule has 4 heterocycles. The number of halogens is 2. The smallest absolute Gasteiger partial charge is 0.271 e. The highest BCUT2D eigenvalue weighted by Crippen LogP contribution is 2.47. The summed E-state index contributed by atoms with van der Waals surface area (Å²) in [6, 6.07) is 4.54. The fourth-order valence-corrected chi connectivity index (χ4v) is 7.00. The van der Waals surface area contributed by atoms with Gasteiger partial charge in [-0.25, -0.2) is 8.78 Å². The van der Waals surface area contributed by atoms with Gasteiger partial charge in [0.2, 0.25) is 0 Å². The van der Waals surface area contributed by atoms with Crippen LogP contribution in [0.25, 0.3) is 11.1 Å². The van der Waals surface area contributed by atoms with E-state index < -0.39 is 11.6 Å². The van der Waals surface area contributed by atoms with E-state index in [1.165, 1.54) is 17.4 Å². The van der Waals surface area contributed by atoms with Crippen LogP contribution in [0.3, 0.4) is 0 Å². The molecule has 1 aliphatic rings. The molecule has 6 nitrogen and oxygen atoms in total. The van der Waals surface area contributed by atoms with Crippen molar-refractivity contribution in [3.8, 4) is 0 Å². The molecule has 170 valence electrons. The van der Waals surface area contributed by atoms with Crippen LogP contribution in [-0.4, -0.2) is 16.8 Å². The summed E-state index contributed by atoms with van der Waals surface area (Å²) >= 11 is 4.00. The van der Waals surface area contributed by atoms with Gasteiger partial charge in [0.15, 0.2) is 24.4 Å². The molecule has 0 aliphatic carbocycles. The highest BCUT2D eigenvalue weighted by molar-refractivity contribution is 8.08. The molecular formula is C22H19F2N4O2S3+. The van der Waals surface area contributed by atoms with E-state index in [1.807, 2.05) is 42.1 Å². The van der Waals surface area contributed by atoms with Gasteiger partial charge in [0.1, 0.15) is 25.7 Å². The second-order valence-electron chi connectivity index (χ2n) is 7.44. The lowest BCUT2D eigenvalue weighted by molar-refractivity contribution is -0.685. The quantitative estimate of drug-likeness (QED) is 0.399. The van der Waals surface area contributed by atoms with Gasteiger partial charge in [0.25, 0.3) is 10.6 Å². The summed E-state index contributed by atoms with van der Waals surface area (Å²) in [6.07, 6.45) is 3.94. The lowest BCUT2D eigenvalue weighted by Crippen LogP contribution is -2.36. The van der Waals surface area contributed by atoms with Crippen LogP contribution >= 0.6 is 34.4 Å². The van der Waals surface area contributed by atoms with Crippen molar-refractivity contribution >= 4 is 51.2 Å². The number of thiazole rings is 2. The van der Waals surface area contributed by atoms with Crippen LogP contribution in [0.1, 0.15) is 23.4 Å². The Balaban J connectivity index is 1.62. The molecule has 0 radical (unpaired) electrons. The fourth-order valence-electron chi connectivity index (χ4n) is 3.66. The minimum absolute atomic E-state index is 0.146. The number of aromatic nitrogens is 3. The number of nitrogens with zero attached hydrogens (tertiary/aromatic N) is 4. The molecule has 0 saturated carbocycles. The Morgan fingerprint density at radius 2 is 2.12 bits per heavy atom. The molecule has 0 fully saturated rings. The summed E-state index contributed by atoms with van der Waals surface area (Å²) in [5.74, 6) is -1.03. The number of hydrogen-bond donors (Lipinski definition) is 0. The monoisotopic (exact) mass is 505 g/mol. The van der Waals surface area contributed by atoms with E-state index in [-0.39, 0.29) is 10.5 Å². The van der Waals surface area contributed by atoms with Gasteiger partial charge >= 0.3 is 0 Å². The Morgan fingerprint density at radius 1 is 1.30 bits per heavy atom. The van der Waals surface area contributed by atoms with E-state index in [4.69, 9.17) is 4.52 Å². The molecule has 0 bridgehead atoms. The zero-order valence-electron chi connectivity index (χ0n) is 18.0. The highest BCUT2D eigenvalue weighted by Gasteiger charge is 2.29. The maximum atomic E-state index is 14.4. The third kappa shape index (κ3) is 3.83. The second kappa shape index (κ2) is 8.54. The standard InChI is InChI=1S/C22H19F2N4O2S3/c1-4-28-17(10-16-27(7-8-31-16)11-13-9-12(2)30-25-13)32-20(21(28)29)22-26(3)15-6-5-14(23)18(24)19(15)33-22/h5-10H,4,11H2,1-3H3/q+1. The molecule has 4 aromatic rings. The number of anilines is 1. The number of aryl methyl sites for hydroxylation is 1. The summed E-state index contributed by atoms with van der Waals surface area (Å²) in [5.41, 5.74) is 1.22. The van der Waals surface area contributed by atoms with Gasteiger partial charge in [-0.1, -0.05) is 28.3 Å². The van der Waals surface area contributed by atoms with Gasteiger partial charge in [-0.2, -0.15) is 4.57 Å². The number of thioether (sulfide) groups is 1. The van der Waals surface area contributed by atoms with Crippen molar-refractivity contribution in [3.05, 3.63) is 77.4 Å². The second-order valence-corrected chi connectivity index (χ2v) is 10.4. The Kier molecular flexibility index (Phi) is 5.71. The summed E-state index contributed by atoms with van der Waals surface area (Å²) in [5, 5.41) is 7.59. The van der Waals surface area contributed by atoms with E-state index in [2.05, 4.69) is 5.16 Å². The molecule has 0 atom stereocenters. The number of fused-ring (bicyclic) bond motifs is 1. The molecule has 11 heteroatoms. The third-order valence-corrected chi connectivity index (χ3v) is 8.65. The molecular weight excluding hydrogens is 486 g/mol. The Labute approximate surface area is 199 Å². The molecule has 33 heavy (non-hydrogen) atoms. The van der Waals surface area contributed by atoms with Crippen molar-refractivity contribution in [2.24, 2.45) is 0 Å². The van der Waals surface area contributed by atoms with Crippen molar-refractivity contribution < 1.29 is 17.9 Å². The molecule has 1 aromatic carbocycles. The summed E-state index contributed by atoms with van der Waals surface area (Å²) in [7, 11) is 1.76. The average Bonchev–Trinajstić information content (AvgIpc) is 3.54. The largest absolute Gasteiger partial charge is 0.361 e. The van der Waals surface area contributed by atoms with Crippen LogP contribution in [0.15, 0.2) is 44.0 Å². The van der Waals surface area contributed by atoms with Gasteiger partial charge in [0.05, 0.1) is 22.0 Å². The lowest BCUT2D eigenvalue weighted by atomic mass is 10.3. The minimum atomic E-state index is -0.897. The molecule has 1 aliphatic heterocycles. The van der Waals surface area contributed by atoms with E-state index in [9.17, 15) is 13.6 Å². The first-order valence-electron chi connectivity index (χ1n) is 10.1. The van der Waals surface area contributed by atoms with E-state index >= 15 is 0 Å². The highest BCUT2D eigenvalue weighted by atomic mass is 32.2. The molecule has 0 spiro atoms. The van der Waals surface area contributed by atoms with Crippen LogP contribution in [0, 0.1) is 18.6 Å². The summed E-state index contributed by atoms with van der Waals surface area (Å²) in [4.78, 5) is 15.2. The number of benzene rings is 1. The summed E-state index contributed by atoms with van der Waals surface area (Å²) < 4.78 is 38.3. The van der Waals surface area contributed by atoms with Crippen molar-refractivity contribution in [2.45, 2.75) is 31.8 Å². The summed E-state index contributed by atoms with van der Waals surface area (Å²) in [6.45, 7) is 4.81. The van der Waals surface area contributed by atoms with E-state index in [0.29, 0.717) is 28.3 Å². The SMILES string of the molecule is CCn1c(=Cc2scc[n+]2Cc2cc(C)on2)sc(=C2Sc3c(ccc(F)c3F)N2C)c1=O. The maximum Gasteiger partial charge on any atom is 0.271 e. The van der Waals surface area contributed by atoms with Gasteiger partial charge in [-0.3, -0.25) is 9.36 Å². The molecule has 5 rings (SSSR count). The van der Waals surface area contributed by atoms with Crippen molar-refractivity contribution in [1.82, 2.24) is 9.72 Å². The fraction of sp³-hybridized carbons (Fsp3) is 0.227. The number of rotatable bonds is 4. The Hall–Kier alpha value is -2.76. The molecule has 3 aromatic heterocycles. The first-order chi connectivity index (χ1) is 15.9. The van der Waals surface area contributed by atoms with Crippen LogP contribution in [0.5, 0.6) is 0 Å². The predicted octanol–water partition coefficient (Wildman–Crippen LogP) is 3.04. The average molecular weight is 506 g/mol. The Morgan fingerprint density at radius 3 is 2.85 bits per heavy atom. The van der Waals surface area contributed by atoms with E-state index in [0.717, 1.165) is 39.0 Å². The number of hydrogen-bond acceptors (Lipinski definition) is 7. The van der Waals surface area contributed by atoms with Crippen molar-refractivity contribution in [3.63, 3.8) is 0 Å². The Bertz CT molecular complexity index is 1550. The van der Waals surface area contributed by atoms with Crippen LogP contribution in [-0.2, 0) is 13.1 Å². The van der Waals surface area contributed by atoms with Gasteiger partial charge in [-0.15, -0.1) is 11.3 Å². The zero-order chi connectivity index (χ0) is 23.3. The van der Waals surface area contributed by atoms with Gasteiger partial charge in [0, 0.05) is 19.7 Å². The zero-order valence-corrected chi connectivity index (χ0v) is 20.4. The van der Waals surface area contributed by atoms with Crippen LogP contribution in [0.2, 0.25) is 0 Å². The van der Waals surface area contributed by atoms with Crippen LogP contribution in [0.4, 0.5) is 14.5 Å². The minimum Gasteiger partial charge on any atom is -0.361 e. The van der Waals surface area contributed by atoms with E-state index in [1.54, 1.807) is 27.9 Å². The first-order valence-corrected chi connectivity index (χ1v) is 12.6. The maximum absolute atomic E-state index is 14.4. The van der Waals surface area contributed by atoms with Crippen molar-refractivity contribution in [2.75, 3.05) is 11.9 Å². The molecule has 0 N–H and O–H groups in total. The van der Waals surface area contributed by atoms with Gasteiger partial charge in [-0.05, 0) is 26.0 Å². The van der Waals surface area contributed by atoms with Gasteiger partial charge < -0.3 is 9.42 Å².